The molecule has 3 heterocycles. The molecule has 33 heavy (non-hydrogen) atoms. The van der Waals surface area contributed by atoms with Crippen LogP contribution >= 0.6 is 0 Å². The molecule has 0 fully saturated rings. The second-order valence-corrected chi connectivity index (χ2v) is 7.58. The Morgan fingerprint density at radius 2 is 1.70 bits per heavy atom. The third-order valence-electron chi connectivity index (χ3n) is 5.58. The summed E-state index contributed by atoms with van der Waals surface area (Å²) in [6.45, 7) is 0.371. The Bertz CT molecular complexity index is 1360. The molecular weight excluding hydrogens is 440 g/mol. The van der Waals surface area contributed by atoms with E-state index in [2.05, 4.69) is 15.3 Å². The molecule has 0 N–H and O–H groups in total. The Balaban J connectivity index is 1.49. The van der Waals surface area contributed by atoms with Crippen LogP contribution in [0.1, 0.15) is 21.6 Å². The third kappa shape index (κ3) is 3.45. The molecule has 2 aromatic carbocycles. The van der Waals surface area contributed by atoms with Gasteiger partial charge in [-0.25, -0.2) is 17.6 Å². The molecule has 1 amide bonds. The number of aryl methyl sites for hydroxylation is 1. The van der Waals surface area contributed by atoms with Crippen LogP contribution in [0, 0.1) is 23.3 Å². The van der Waals surface area contributed by atoms with E-state index in [0.29, 0.717) is 23.4 Å². The van der Waals surface area contributed by atoms with E-state index >= 15 is 0 Å². The highest BCUT2D eigenvalue weighted by atomic mass is 19.2. The van der Waals surface area contributed by atoms with Crippen LogP contribution in [0.2, 0.25) is 0 Å². The van der Waals surface area contributed by atoms with Crippen molar-refractivity contribution in [3.05, 3.63) is 82.8 Å². The van der Waals surface area contributed by atoms with Gasteiger partial charge < -0.3 is 4.90 Å². The highest BCUT2D eigenvalue weighted by molar-refractivity contribution is 5.98. The predicted octanol–water partition coefficient (Wildman–Crippen LogP) is 3.42. The summed E-state index contributed by atoms with van der Waals surface area (Å²) < 4.78 is 57.0. The second kappa shape index (κ2) is 7.84. The van der Waals surface area contributed by atoms with Gasteiger partial charge in [0.05, 0.1) is 35.9 Å². The SMILES string of the molecule is Cn1nc2c(c1-c1cc(F)c(F)c(F)c1)CCN(C(=O)c1cccc(F)c1-n1nccn1)C2. The Morgan fingerprint density at radius 3 is 2.39 bits per heavy atom. The molecule has 168 valence electrons. The van der Waals surface area contributed by atoms with Crippen molar-refractivity contribution >= 4 is 5.91 Å². The van der Waals surface area contributed by atoms with E-state index in [4.69, 9.17) is 0 Å². The maximum absolute atomic E-state index is 14.5. The van der Waals surface area contributed by atoms with Crippen molar-refractivity contribution in [3.63, 3.8) is 0 Å². The molecule has 11 heteroatoms. The average molecular weight is 456 g/mol. The summed E-state index contributed by atoms with van der Waals surface area (Å²) in [6.07, 6.45) is 3.10. The molecule has 5 rings (SSSR count). The molecule has 0 unspecified atom stereocenters. The zero-order chi connectivity index (χ0) is 23.3. The first-order valence-corrected chi connectivity index (χ1v) is 9.99. The Labute approximate surface area is 184 Å². The number of hydrogen-bond acceptors (Lipinski definition) is 4. The first kappa shape index (κ1) is 20.9. The summed E-state index contributed by atoms with van der Waals surface area (Å²) in [6, 6.07) is 5.98. The molecular formula is C22H16F4N6O. The third-order valence-corrected chi connectivity index (χ3v) is 5.58. The van der Waals surface area contributed by atoms with Crippen LogP contribution in [0.3, 0.4) is 0 Å². The number of carbonyl (C=O) groups excluding carboxylic acids is 1. The zero-order valence-electron chi connectivity index (χ0n) is 17.3. The summed E-state index contributed by atoms with van der Waals surface area (Å²) in [5.74, 6) is -5.20. The van der Waals surface area contributed by atoms with Crippen LogP contribution in [0.5, 0.6) is 0 Å². The van der Waals surface area contributed by atoms with Gasteiger partial charge in [0.2, 0.25) is 0 Å². The maximum Gasteiger partial charge on any atom is 0.256 e. The van der Waals surface area contributed by atoms with Gasteiger partial charge in [-0.05, 0) is 30.7 Å². The van der Waals surface area contributed by atoms with Crippen molar-refractivity contribution in [2.24, 2.45) is 7.05 Å². The fourth-order valence-electron chi connectivity index (χ4n) is 4.14. The van der Waals surface area contributed by atoms with Crippen molar-refractivity contribution in [1.82, 2.24) is 29.7 Å². The molecule has 0 saturated carbocycles. The van der Waals surface area contributed by atoms with Gasteiger partial charge in [0.25, 0.3) is 5.91 Å². The van der Waals surface area contributed by atoms with Gasteiger partial charge in [0, 0.05) is 24.7 Å². The first-order chi connectivity index (χ1) is 15.8. The van der Waals surface area contributed by atoms with Crippen molar-refractivity contribution < 1.29 is 22.4 Å². The number of rotatable bonds is 3. The van der Waals surface area contributed by atoms with E-state index in [1.165, 1.54) is 40.2 Å². The van der Waals surface area contributed by atoms with Crippen LogP contribution in [0.4, 0.5) is 17.6 Å². The summed E-state index contributed by atoms with van der Waals surface area (Å²) in [5.41, 5.74) is 1.88. The molecule has 1 aliphatic rings. The zero-order valence-corrected chi connectivity index (χ0v) is 17.3. The highest BCUT2D eigenvalue weighted by Gasteiger charge is 2.30. The van der Waals surface area contributed by atoms with Crippen LogP contribution < -0.4 is 0 Å². The Kier molecular flexibility index (Phi) is 4.95. The number of aromatic nitrogens is 5. The monoisotopic (exact) mass is 456 g/mol. The van der Waals surface area contributed by atoms with Gasteiger partial charge in [-0.2, -0.15) is 15.3 Å². The molecule has 7 nitrogen and oxygen atoms in total. The standard InChI is InChI=1S/C22H16F4N6O/c1-30-20(12-9-16(24)19(26)17(25)10-12)13-5-8-31(11-18(13)29-30)22(33)14-3-2-4-15(23)21(14)32-27-6-7-28-32/h2-4,6-7,9-10H,5,8,11H2,1H3. The van der Waals surface area contributed by atoms with Crippen molar-refractivity contribution in [1.29, 1.82) is 0 Å². The lowest BCUT2D eigenvalue weighted by Crippen LogP contribution is -2.36. The number of para-hydroxylation sites is 1. The number of fused-ring (bicyclic) bond motifs is 1. The normalized spacial score (nSPS) is 13.3. The van der Waals surface area contributed by atoms with Crippen molar-refractivity contribution in [2.75, 3.05) is 6.54 Å². The molecule has 0 spiro atoms. The lowest BCUT2D eigenvalue weighted by molar-refractivity contribution is 0.0731. The van der Waals surface area contributed by atoms with Crippen LogP contribution in [-0.2, 0) is 20.0 Å². The highest BCUT2D eigenvalue weighted by Crippen LogP contribution is 2.32. The van der Waals surface area contributed by atoms with Crippen LogP contribution in [0.25, 0.3) is 16.9 Å². The summed E-state index contributed by atoms with van der Waals surface area (Å²) in [5, 5.41) is 12.3. The Hall–Kier alpha value is -4.02. The topological polar surface area (TPSA) is 68.8 Å². The maximum atomic E-state index is 14.5. The molecule has 2 aromatic heterocycles. The van der Waals surface area contributed by atoms with E-state index in [9.17, 15) is 22.4 Å². The second-order valence-electron chi connectivity index (χ2n) is 7.58. The predicted molar refractivity (Wildman–Crippen MR) is 108 cm³/mol. The van der Waals surface area contributed by atoms with Gasteiger partial charge in [-0.3, -0.25) is 9.48 Å². The quantitative estimate of drug-likeness (QED) is 0.350. The van der Waals surface area contributed by atoms with Crippen molar-refractivity contribution in [3.8, 4) is 16.9 Å². The van der Waals surface area contributed by atoms with Crippen molar-refractivity contribution in [2.45, 2.75) is 13.0 Å². The van der Waals surface area contributed by atoms with E-state index in [1.807, 2.05) is 0 Å². The number of nitrogens with zero attached hydrogens (tertiary/aromatic N) is 6. The van der Waals surface area contributed by atoms with E-state index in [-0.39, 0.29) is 29.9 Å². The molecule has 0 radical (unpaired) electrons. The lowest BCUT2D eigenvalue weighted by atomic mass is 9.99. The fourth-order valence-corrected chi connectivity index (χ4v) is 4.14. The minimum atomic E-state index is -1.54. The number of carbonyl (C=O) groups is 1. The Morgan fingerprint density at radius 1 is 1.00 bits per heavy atom. The van der Waals surface area contributed by atoms with Crippen LogP contribution in [0.15, 0.2) is 42.7 Å². The van der Waals surface area contributed by atoms with Gasteiger partial charge in [-0.1, -0.05) is 6.07 Å². The molecule has 0 atom stereocenters. The first-order valence-electron chi connectivity index (χ1n) is 9.99. The summed E-state index contributed by atoms with van der Waals surface area (Å²) in [7, 11) is 1.60. The number of amides is 1. The van der Waals surface area contributed by atoms with Gasteiger partial charge in [0.1, 0.15) is 5.69 Å². The molecule has 0 bridgehead atoms. The molecule has 1 aliphatic heterocycles. The van der Waals surface area contributed by atoms with E-state index < -0.39 is 29.2 Å². The minimum Gasteiger partial charge on any atom is -0.332 e. The average Bonchev–Trinajstić information content (AvgIpc) is 3.43. The summed E-state index contributed by atoms with van der Waals surface area (Å²) in [4.78, 5) is 15.8. The van der Waals surface area contributed by atoms with E-state index in [0.717, 1.165) is 16.9 Å². The minimum absolute atomic E-state index is 0.0581. The lowest BCUT2D eigenvalue weighted by Gasteiger charge is -2.27. The van der Waals surface area contributed by atoms with Gasteiger partial charge in [-0.15, -0.1) is 4.80 Å². The van der Waals surface area contributed by atoms with Crippen LogP contribution in [-0.4, -0.2) is 42.1 Å². The number of hydrogen-bond donors (Lipinski definition) is 0. The van der Waals surface area contributed by atoms with Gasteiger partial charge in [0.15, 0.2) is 23.3 Å². The smallest absolute Gasteiger partial charge is 0.256 e. The summed E-state index contributed by atoms with van der Waals surface area (Å²) >= 11 is 0. The fraction of sp³-hybridized carbons (Fsp3) is 0.182. The van der Waals surface area contributed by atoms with E-state index in [1.54, 1.807) is 7.05 Å². The van der Waals surface area contributed by atoms with Gasteiger partial charge >= 0.3 is 0 Å². The number of benzene rings is 2. The largest absolute Gasteiger partial charge is 0.332 e. The number of halogens is 4. The molecule has 4 aromatic rings. The molecule has 0 aliphatic carbocycles. The molecule has 0 saturated heterocycles.